The molecule has 0 amide bonds. The molecule has 0 radical (unpaired) electrons. The van der Waals surface area contributed by atoms with Gasteiger partial charge in [0, 0.05) is 17.4 Å². The van der Waals surface area contributed by atoms with Crippen LogP contribution in [-0.4, -0.2) is 21.0 Å². The maximum Gasteiger partial charge on any atom is 0.234 e. The Balaban J connectivity index is 2.23. The zero-order chi connectivity index (χ0) is 11.8. The van der Waals surface area contributed by atoms with E-state index in [9.17, 15) is 0 Å². The van der Waals surface area contributed by atoms with Crippen LogP contribution in [0.15, 0.2) is 30.6 Å². The summed E-state index contributed by atoms with van der Waals surface area (Å²) < 4.78 is 0. The maximum atomic E-state index is 4.41. The standard InChI is InChI=1S/C12H13N5/c1-8(2)17-10-5-3-9(4-6-10)15-11-13-7-14-12(17)16-11/h3-8H,1-2H3,(H,13,14,15,16). The molecule has 0 unspecified atom stereocenters. The first-order valence-electron chi connectivity index (χ1n) is 5.59. The van der Waals surface area contributed by atoms with E-state index in [1.165, 1.54) is 6.33 Å². The Labute approximate surface area is 99.5 Å². The average molecular weight is 227 g/mol. The molecule has 1 N–H and O–H groups in total. The quantitative estimate of drug-likeness (QED) is 0.811. The van der Waals surface area contributed by atoms with Gasteiger partial charge in [0.15, 0.2) is 0 Å². The molecule has 86 valence electrons. The van der Waals surface area contributed by atoms with Crippen molar-refractivity contribution in [2.45, 2.75) is 19.9 Å². The van der Waals surface area contributed by atoms with E-state index in [1.807, 2.05) is 12.1 Å². The molecule has 0 aliphatic carbocycles. The smallest absolute Gasteiger partial charge is 0.234 e. The minimum atomic E-state index is 0.286. The van der Waals surface area contributed by atoms with E-state index in [2.05, 4.69) is 51.1 Å². The second kappa shape index (κ2) is 3.69. The summed E-state index contributed by atoms with van der Waals surface area (Å²) >= 11 is 0. The van der Waals surface area contributed by atoms with Crippen molar-refractivity contribution in [1.29, 1.82) is 0 Å². The lowest BCUT2D eigenvalue weighted by Gasteiger charge is -2.26. The van der Waals surface area contributed by atoms with Crippen LogP contribution in [0.25, 0.3) is 0 Å². The molecule has 0 atom stereocenters. The summed E-state index contributed by atoms with van der Waals surface area (Å²) in [5.74, 6) is 1.25. The van der Waals surface area contributed by atoms with E-state index in [-0.39, 0.29) is 6.04 Å². The molecule has 4 rings (SSSR count). The van der Waals surface area contributed by atoms with Crippen molar-refractivity contribution in [3.63, 3.8) is 0 Å². The third kappa shape index (κ3) is 1.69. The van der Waals surface area contributed by atoms with Gasteiger partial charge in [-0.3, -0.25) is 0 Å². The summed E-state index contributed by atoms with van der Waals surface area (Å²) in [4.78, 5) is 14.8. The van der Waals surface area contributed by atoms with Crippen molar-refractivity contribution in [3.05, 3.63) is 30.6 Å². The van der Waals surface area contributed by atoms with Gasteiger partial charge in [-0.25, -0.2) is 9.97 Å². The Hall–Kier alpha value is -2.17. The normalized spacial score (nSPS) is 13.0. The van der Waals surface area contributed by atoms with Gasteiger partial charge < -0.3 is 10.2 Å². The number of hydrogen-bond donors (Lipinski definition) is 1. The number of anilines is 4. The summed E-state index contributed by atoms with van der Waals surface area (Å²) in [6.45, 7) is 4.23. The van der Waals surface area contributed by atoms with Gasteiger partial charge in [-0.2, -0.15) is 4.98 Å². The van der Waals surface area contributed by atoms with Crippen LogP contribution in [0.1, 0.15) is 13.8 Å². The van der Waals surface area contributed by atoms with Crippen LogP contribution in [0.5, 0.6) is 0 Å². The van der Waals surface area contributed by atoms with Gasteiger partial charge in [0.05, 0.1) is 0 Å². The van der Waals surface area contributed by atoms with Crippen LogP contribution in [0.2, 0.25) is 0 Å². The highest BCUT2D eigenvalue weighted by molar-refractivity contribution is 5.66. The molecule has 2 aliphatic heterocycles. The third-order valence-corrected chi connectivity index (χ3v) is 2.69. The summed E-state index contributed by atoms with van der Waals surface area (Å²) in [6, 6.07) is 8.44. The minimum absolute atomic E-state index is 0.286. The van der Waals surface area contributed by atoms with Gasteiger partial charge in [0.1, 0.15) is 6.33 Å². The average Bonchev–Trinajstić information content (AvgIpc) is 2.38. The predicted molar refractivity (Wildman–Crippen MR) is 66.8 cm³/mol. The molecule has 0 fully saturated rings. The van der Waals surface area contributed by atoms with E-state index < -0.39 is 0 Å². The molecule has 3 heterocycles. The van der Waals surface area contributed by atoms with Gasteiger partial charge in [-0.15, -0.1) is 0 Å². The molecule has 5 heteroatoms. The molecule has 0 saturated heterocycles. The van der Waals surface area contributed by atoms with Crippen LogP contribution in [0.3, 0.4) is 0 Å². The lowest BCUT2D eigenvalue weighted by Crippen LogP contribution is -2.27. The van der Waals surface area contributed by atoms with Gasteiger partial charge in [0.25, 0.3) is 0 Å². The second-order valence-corrected chi connectivity index (χ2v) is 4.24. The number of benzene rings is 1. The SMILES string of the molecule is CC(C)N1c2ccc(cc2)Nc2ncnc1n2. The first kappa shape index (κ1) is 10.0. The van der Waals surface area contributed by atoms with Crippen LogP contribution >= 0.6 is 0 Å². The Morgan fingerprint density at radius 3 is 2.59 bits per heavy atom. The number of rotatable bonds is 1. The van der Waals surface area contributed by atoms with Crippen molar-refractivity contribution in [2.75, 3.05) is 10.2 Å². The molecule has 0 spiro atoms. The Morgan fingerprint density at radius 1 is 1.12 bits per heavy atom. The van der Waals surface area contributed by atoms with Crippen molar-refractivity contribution >= 4 is 23.3 Å². The van der Waals surface area contributed by atoms with E-state index in [1.54, 1.807) is 0 Å². The van der Waals surface area contributed by atoms with Crippen LogP contribution in [0.4, 0.5) is 23.3 Å². The molecule has 5 nitrogen and oxygen atoms in total. The zero-order valence-corrected chi connectivity index (χ0v) is 9.75. The molecule has 2 aromatic rings. The topological polar surface area (TPSA) is 53.9 Å². The summed E-state index contributed by atoms with van der Waals surface area (Å²) in [5.41, 5.74) is 2.07. The van der Waals surface area contributed by atoms with Crippen molar-refractivity contribution in [3.8, 4) is 0 Å². The highest BCUT2D eigenvalue weighted by Gasteiger charge is 2.18. The van der Waals surface area contributed by atoms with Crippen LogP contribution in [-0.2, 0) is 0 Å². The number of aromatic nitrogens is 3. The fourth-order valence-electron chi connectivity index (χ4n) is 1.94. The highest BCUT2D eigenvalue weighted by atomic mass is 15.3. The summed E-state index contributed by atoms with van der Waals surface area (Å²) in [5, 5.41) is 3.15. The third-order valence-electron chi connectivity index (χ3n) is 2.69. The Morgan fingerprint density at radius 2 is 1.88 bits per heavy atom. The van der Waals surface area contributed by atoms with Gasteiger partial charge >= 0.3 is 0 Å². The maximum absolute atomic E-state index is 4.41. The minimum Gasteiger partial charge on any atom is -0.324 e. The first-order valence-corrected chi connectivity index (χ1v) is 5.59. The molecule has 1 aromatic carbocycles. The Bertz CT molecular complexity index is 535. The lowest BCUT2D eigenvalue weighted by atomic mass is 10.2. The Kier molecular flexibility index (Phi) is 2.18. The second-order valence-electron chi connectivity index (χ2n) is 4.24. The highest BCUT2D eigenvalue weighted by Crippen LogP contribution is 2.29. The molecule has 1 aromatic heterocycles. The molecule has 4 bridgehead atoms. The van der Waals surface area contributed by atoms with Crippen LogP contribution in [0, 0.1) is 0 Å². The van der Waals surface area contributed by atoms with Gasteiger partial charge in [0.2, 0.25) is 11.9 Å². The van der Waals surface area contributed by atoms with E-state index >= 15 is 0 Å². The summed E-state index contributed by atoms with van der Waals surface area (Å²) in [7, 11) is 0. The monoisotopic (exact) mass is 227 g/mol. The van der Waals surface area contributed by atoms with E-state index in [4.69, 9.17) is 0 Å². The zero-order valence-electron chi connectivity index (χ0n) is 9.75. The van der Waals surface area contributed by atoms with Gasteiger partial charge in [-0.1, -0.05) is 0 Å². The van der Waals surface area contributed by atoms with Crippen molar-refractivity contribution < 1.29 is 0 Å². The molecule has 17 heavy (non-hydrogen) atoms. The molecular formula is C12H13N5. The molecular weight excluding hydrogens is 214 g/mol. The largest absolute Gasteiger partial charge is 0.324 e. The number of nitrogens with zero attached hydrogens (tertiary/aromatic N) is 4. The fourth-order valence-corrected chi connectivity index (χ4v) is 1.94. The van der Waals surface area contributed by atoms with Crippen molar-refractivity contribution in [1.82, 2.24) is 15.0 Å². The van der Waals surface area contributed by atoms with E-state index in [0.717, 1.165) is 11.4 Å². The molecule has 2 aliphatic rings. The summed E-state index contributed by atoms with van der Waals surface area (Å²) in [6.07, 6.45) is 1.53. The predicted octanol–water partition coefficient (Wildman–Crippen LogP) is 2.48. The number of fused-ring (bicyclic) bond motifs is 2. The van der Waals surface area contributed by atoms with E-state index in [0.29, 0.717) is 11.9 Å². The fraction of sp³-hybridized carbons (Fsp3) is 0.250. The van der Waals surface area contributed by atoms with Crippen LogP contribution < -0.4 is 10.2 Å². The van der Waals surface area contributed by atoms with Gasteiger partial charge in [-0.05, 0) is 38.1 Å². The lowest BCUT2D eigenvalue weighted by molar-refractivity contribution is 0.760. The number of nitrogens with one attached hydrogen (secondary N) is 1. The number of hydrogen-bond acceptors (Lipinski definition) is 5. The first-order chi connectivity index (χ1) is 8.24. The molecule has 0 saturated carbocycles. The van der Waals surface area contributed by atoms with Crippen molar-refractivity contribution in [2.24, 2.45) is 0 Å².